The maximum atomic E-state index is 9.78. The minimum Gasteiger partial charge on any atom is -0.481 e. The molecule has 4 aromatic heterocycles. The summed E-state index contributed by atoms with van der Waals surface area (Å²) in [6.07, 6.45) is 10.1. The maximum absolute atomic E-state index is 9.78. The molecule has 6 aliphatic heterocycles. The Bertz CT molecular complexity index is 1580. The lowest BCUT2D eigenvalue weighted by Crippen LogP contribution is -2.68. The highest BCUT2D eigenvalue weighted by molar-refractivity contribution is 5.86. The molecule has 0 radical (unpaired) electrons. The number of piperidine rings is 2. The lowest BCUT2D eigenvalue weighted by molar-refractivity contribution is -0.00876. The first-order valence-corrected chi connectivity index (χ1v) is 14.0. The van der Waals surface area contributed by atoms with Crippen molar-refractivity contribution in [3.63, 3.8) is 0 Å². The minimum absolute atomic E-state index is 0.522. The molecule has 6 aliphatic rings. The van der Waals surface area contributed by atoms with Gasteiger partial charge >= 0.3 is 0 Å². The molecule has 40 heavy (non-hydrogen) atoms. The van der Waals surface area contributed by atoms with E-state index in [-0.39, 0.29) is 0 Å². The summed E-state index contributed by atoms with van der Waals surface area (Å²) >= 11 is 0. The quantitative estimate of drug-likeness (QED) is 0.401. The second-order valence-corrected chi connectivity index (χ2v) is 11.5. The van der Waals surface area contributed by atoms with E-state index in [9.17, 15) is 5.26 Å². The number of hydrogen-bond donors (Lipinski definition) is 1. The SMILES string of the molecule is COc1ccc(CN2C3CC2CN(c2ccc(-c4cc(N5CC6CC(C5)N6)cn5ncc(C#N)c45)cn2)C3)cn1. The molecule has 0 spiro atoms. The second kappa shape index (κ2) is 9.18. The first kappa shape index (κ1) is 23.7. The van der Waals surface area contributed by atoms with Crippen LogP contribution in [-0.2, 0) is 6.54 Å². The van der Waals surface area contributed by atoms with Crippen LogP contribution in [0, 0.1) is 11.3 Å². The van der Waals surface area contributed by atoms with Crippen molar-refractivity contribution in [2.45, 2.75) is 43.6 Å². The molecule has 0 aliphatic carbocycles. The minimum atomic E-state index is 0.522. The van der Waals surface area contributed by atoms with Gasteiger partial charge in [-0.25, -0.2) is 14.5 Å². The van der Waals surface area contributed by atoms with Crippen LogP contribution in [0.25, 0.3) is 16.6 Å². The Morgan fingerprint density at radius 2 is 1.80 bits per heavy atom. The van der Waals surface area contributed by atoms with Crippen LogP contribution in [-0.4, -0.2) is 81.9 Å². The fraction of sp³-hybridized carbons (Fsp3) is 0.400. The number of aromatic nitrogens is 4. The van der Waals surface area contributed by atoms with Crippen LogP contribution in [0.4, 0.5) is 11.5 Å². The van der Waals surface area contributed by atoms with Crippen LogP contribution in [0.5, 0.6) is 5.88 Å². The summed E-state index contributed by atoms with van der Waals surface area (Å²) in [5, 5.41) is 17.9. The van der Waals surface area contributed by atoms with Crippen molar-refractivity contribution in [1.29, 1.82) is 5.26 Å². The van der Waals surface area contributed by atoms with Gasteiger partial charge in [0.25, 0.3) is 0 Å². The zero-order valence-electron chi connectivity index (χ0n) is 22.4. The summed E-state index contributed by atoms with van der Waals surface area (Å²) < 4.78 is 7.05. The first-order chi connectivity index (χ1) is 19.6. The monoisotopic (exact) mass is 533 g/mol. The number of nitrogens with one attached hydrogen (secondary N) is 1. The molecule has 0 aromatic carbocycles. The van der Waals surface area contributed by atoms with Crippen LogP contribution >= 0.6 is 0 Å². The average Bonchev–Trinajstić information content (AvgIpc) is 3.43. The number of ether oxygens (including phenoxy) is 1. The number of nitriles is 1. The molecule has 4 bridgehead atoms. The lowest BCUT2D eigenvalue weighted by Gasteiger charge is -2.56. The second-order valence-electron chi connectivity index (χ2n) is 11.5. The van der Waals surface area contributed by atoms with Crippen molar-refractivity contribution in [2.75, 3.05) is 43.1 Å². The van der Waals surface area contributed by atoms with Gasteiger partial charge in [-0.3, -0.25) is 4.90 Å². The molecule has 10 heteroatoms. The van der Waals surface area contributed by atoms with Gasteiger partial charge in [0.15, 0.2) is 0 Å². The number of fused-ring (bicyclic) bond motifs is 5. The average molecular weight is 534 g/mol. The van der Waals surface area contributed by atoms with Gasteiger partial charge in [0.2, 0.25) is 5.88 Å². The predicted molar refractivity (Wildman–Crippen MR) is 151 cm³/mol. The highest BCUT2D eigenvalue weighted by Crippen LogP contribution is 2.37. The number of nitrogens with zero attached hydrogens (tertiary/aromatic N) is 8. The fourth-order valence-electron chi connectivity index (χ4n) is 7.01. The van der Waals surface area contributed by atoms with Crippen molar-refractivity contribution in [3.8, 4) is 23.1 Å². The van der Waals surface area contributed by atoms with Crippen molar-refractivity contribution >= 4 is 17.0 Å². The van der Waals surface area contributed by atoms with Crippen LogP contribution < -0.4 is 19.9 Å². The Labute approximate surface area is 232 Å². The summed E-state index contributed by atoms with van der Waals surface area (Å²) in [6.45, 7) is 4.85. The summed E-state index contributed by atoms with van der Waals surface area (Å²) in [7, 11) is 1.64. The Balaban J connectivity index is 1.02. The first-order valence-electron chi connectivity index (χ1n) is 14.0. The standard InChI is InChI=1S/C30H31N9O/c1-40-29-5-2-19(10-33-29)13-38-25-7-26(38)17-37(16-25)28-4-3-20(11-32-28)27-8-24(36-14-22-6-23(15-36)35-22)18-39-30(27)21(9-31)12-34-39/h2-5,8,10-12,18,22-23,25-26,35H,6-7,13-17H2,1H3. The van der Waals surface area contributed by atoms with Crippen LogP contribution in [0.15, 0.2) is 55.1 Å². The van der Waals surface area contributed by atoms with Crippen LogP contribution in [0.2, 0.25) is 0 Å². The number of methoxy groups -OCH3 is 1. The molecule has 0 saturated carbocycles. The van der Waals surface area contributed by atoms with E-state index in [1.807, 2.05) is 23.0 Å². The molecule has 4 unspecified atom stereocenters. The van der Waals surface area contributed by atoms with Gasteiger partial charge < -0.3 is 19.9 Å². The third-order valence-corrected chi connectivity index (χ3v) is 9.10. The molecular weight excluding hydrogens is 502 g/mol. The van der Waals surface area contributed by atoms with E-state index in [0.29, 0.717) is 35.6 Å². The molecule has 6 saturated heterocycles. The Morgan fingerprint density at radius 1 is 0.975 bits per heavy atom. The van der Waals surface area contributed by atoms with E-state index in [0.717, 1.165) is 60.9 Å². The van der Waals surface area contributed by atoms with Gasteiger partial charge in [0.1, 0.15) is 11.9 Å². The summed E-state index contributed by atoms with van der Waals surface area (Å²) in [5.41, 5.74) is 5.77. The molecule has 202 valence electrons. The largest absolute Gasteiger partial charge is 0.481 e. The topological polar surface area (TPSA) is 97.8 Å². The van der Waals surface area contributed by atoms with Crippen molar-refractivity contribution in [3.05, 3.63) is 66.2 Å². The van der Waals surface area contributed by atoms with Gasteiger partial charge in [0.05, 0.1) is 36.3 Å². The smallest absolute Gasteiger partial charge is 0.212 e. The molecule has 4 aromatic rings. The number of pyridine rings is 3. The summed E-state index contributed by atoms with van der Waals surface area (Å²) in [5.74, 6) is 1.66. The van der Waals surface area contributed by atoms with Gasteiger partial charge in [-0.15, -0.1) is 0 Å². The summed E-state index contributed by atoms with van der Waals surface area (Å²) in [6, 6.07) is 15.0. The molecule has 6 fully saturated rings. The van der Waals surface area contributed by atoms with E-state index in [1.54, 1.807) is 13.3 Å². The van der Waals surface area contributed by atoms with E-state index < -0.39 is 0 Å². The fourth-order valence-corrected chi connectivity index (χ4v) is 7.01. The van der Waals surface area contributed by atoms with Gasteiger partial charge in [-0.2, -0.15) is 10.4 Å². The van der Waals surface area contributed by atoms with E-state index in [1.165, 1.54) is 18.4 Å². The third kappa shape index (κ3) is 3.88. The molecule has 0 amide bonds. The molecule has 1 N–H and O–H groups in total. The van der Waals surface area contributed by atoms with Crippen LogP contribution in [0.3, 0.4) is 0 Å². The Hall–Kier alpha value is -4.20. The highest BCUT2D eigenvalue weighted by atomic mass is 16.5. The van der Waals surface area contributed by atoms with Crippen molar-refractivity contribution in [1.82, 2.24) is 29.8 Å². The Kier molecular flexibility index (Phi) is 5.43. The summed E-state index contributed by atoms with van der Waals surface area (Å²) in [4.78, 5) is 16.7. The maximum Gasteiger partial charge on any atom is 0.212 e. The molecule has 10 heterocycles. The van der Waals surface area contributed by atoms with Gasteiger partial charge in [0, 0.05) is 86.5 Å². The van der Waals surface area contributed by atoms with Gasteiger partial charge in [-0.1, -0.05) is 6.07 Å². The van der Waals surface area contributed by atoms with E-state index in [2.05, 4.69) is 66.6 Å². The number of hydrogen-bond acceptors (Lipinski definition) is 9. The molecule has 4 atom stereocenters. The Morgan fingerprint density at radius 3 is 2.48 bits per heavy atom. The molecule has 10 nitrogen and oxygen atoms in total. The predicted octanol–water partition coefficient (Wildman–Crippen LogP) is 2.69. The van der Waals surface area contributed by atoms with Gasteiger partial charge in [-0.05, 0) is 36.6 Å². The normalized spacial score (nSPS) is 25.3. The zero-order valence-corrected chi connectivity index (χ0v) is 22.4. The third-order valence-electron chi connectivity index (χ3n) is 9.10. The van der Waals surface area contributed by atoms with E-state index >= 15 is 0 Å². The number of rotatable bonds is 6. The van der Waals surface area contributed by atoms with Crippen LogP contribution in [0.1, 0.15) is 24.0 Å². The van der Waals surface area contributed by atoms with E-state index in [4.69, 9.17) is 9.72 Å². The highest BCUT2D eigenvalue weighted by Gasteiger charge is 2.44. The molecule has 10 rings (SSSR count). The van der Waals surface area contributed by atoms with Crippen molar-refractivity contribution < 1.29 is 4.74 Å². The number of piperazine rings is 2. The van der Waals surface area contributed by atoms with Crippen molar-refractivity contribution in [2.24, 2.45) is 0 Å². The lowest BCUT2D eigenvalue weighted by atomic mass is 9.87. The molecular formula is C30H31N9O. The zero-order chi connectivity index (χ0) is 26.8. The number of anilines is 2.